The number of piperidine rings is 1. The van der Waals surface area contributed by atoms with Crippen LogP contribution in [0, 0.1) is 18.3 Å². The van der Waals surface area contributed by atoms with Crippen LogP contribution < -0.4 is 10.6 Å². The second-order valence-corrected chi connectivity index (χ2v) is 5.07. The van der Waals surface area contributed by atoms with Gasteiger partial charge in [0.1, 0.15) is 11.5 Å². The lowest BCUT2D eigenvalue weighted by molar-refractivity contribution is 0.244. The fourth-order valence-corrected chi connectivity index (χ4v) is 2.50. The molecule has 1 saturated heterocycles. The smallest absolute Gasteiger partial charge is 0.226 e. The number of nitrogens with zero attached hydrogens (tertiary/aromatic N) is 3. The van der Waals surface area contributed by atoms with Crippen LogP contribution >= 0.6 is 0 Å². The quantitative estimate of drug-likeness (QED) is 0.547. The number of aryl methyl sites for hydroxylation is 1. The zero-order chi connectivity index (χ0) is 13.8. The van der Waals surface area contributed by atoms with E-state index >= 15 is 0 Å². The van der Waals surface area contributed by atoms with Gasteiger partial charge < -0.3 is 15.7 Å². The molecule has 0 saturated carbocycles. The third-order valence-corrected chi connectivity index (χ3v) is 3.46. The predicted molar refractivity (Wildman–Crippen MR) is 74.4 cm³/mol. The van der Waals surface area contributed by atoms with Gasteiger partial charge in [-0.15, -0.1) is 0 Å². The van der Waals surface area contributed by atoms with Gasteiger partial charge in [-0.3, -0.25) is 5.41 Å². The van der Waals surface area contributed by atoms with Crippen molar-refractivity contribution in [2.24, 2.45) is 11.7 Å². The summed E-state index contributed by atoms with van der Waals surface area (Å²) in [4.78, 5) is 10.9. The van der Waals surface area contributed by atoms with Crippen molar-refractivity contribution in [1.82, 2.24) is 9.97 Å². The van der Waals surface area contributed by atoms with Gasteiger partial charge >= 0.3 is 0 Å². The van der Waals surface area contributed by atoms with Gasteiger partial charge in [-0.25, -0.2) is 9.97 Å². The van der Waals surface area contributed by atoms with Gasteiger partial charge in [0.2, 0.25) is 5.95 Å². The molecule has 0 spiro atoms. The highest BCUT2D eigenvalue weighted by molar-refractivity contribution is 5.93. The number of rotatable bonds is 4. The zero-order valence-corrected chi connectivity index (χ0v) is 11.3. The molecule has 1 unspecified atom stereocenters. The highest BCUT2D eigenvalue weighted by Crippen LogP contribution is 2.22. The average Bonchev–Trinajstić information content (AvgIpc) is 2.38. The summed E-state index contributed by atoms with van der Waals surface area (Å²) in [5.41, 5.74) is 6.79. The Hall–Kier alpha value is -1.69. The molecular formula is C13H21N5O. The Morgan fingerprint density at radius 2 is 2.37 bits per heavy atom. The number of hydrogen-bond donors (Lipinski definition) is 3. The summed E-state index contributed by atoms with van der Waals surface area (Å²) in [6.07, 6.45) is 3.04. The molecule has 6 heteroatoms. The van der Waals surface area contributed by atoms with Crippen molar-refractivity contribution >= 4 is 11.8 Å². The largest absolute Gasteiger partial charge is 0.396 e. The van der Waals surface area contributed by atoms with Crippen molar-refractivity contribution in [2.75, 3.05) is 24.6 Å². The maximum Gasteiger partial charge on any atom is 0.226 e. The number of amidine groups is 1. The number of hydrogen-bond acceptors (Lipinski definition) is 5. The Bertz CT molecular complexity index is 460. The molecule has 0 bridgehead atoms. The lowest BCUT2D eigenvalue weighted by Crippen LogP contribution is -2.37. The van der Waals surface area contributed by atoms with Crippen LogP contribution in [0.3, 0.4) is 0 Å². The molecule has 1 aliphatic rings. The van der Waals surface area contributed by atoms with E-state index < -0.39 is 0 Å². The normalized spacial score (nSPS) is 19.5. The van der Waals surface area contributed by atoms with Crippen LogP contribution in [-0.2, 0) is 0 Å². The van der Waals surface area contributed by atoms with E-state index in [1.807, 2.05) is 6.92 Å². The highest BCUT2D eigenvalue weighted by Gasteiger charge is 2.22. The van der Waals surface area contributed by atoms with Gasteiger partial charge in [0.15, 0.2) is 0 Å². The van der Waals surface area contributed by atoms with Gasteiger partial charge in [-0.2, -0.15) is 0 Å². The second-order valence-electron chi connectivity index (χ2n) is 5.07. The molecular weight excluding hydrogens is 242 g/mol. The van der Waals surface area contributed by atoms with Crippen LogP contribution in [-0.4, -0.2) is 40.6 Å². The van der Waals surface area contributed by atoms with Crippen molar-refractivity contribution in [3.05, 3.63) is 17.5 Å². The summed E-state index contributed by atoms with van der Waals surface area (Å²) in [6, 6.07) is 1.72. The zero-order valence-electron chi connectivity index (χ0n) is 11.3. The van der Waals surface area contributed by atoms with E-state index in [0.29, 0.717) is 17.6 Å². The molecule has 1 aromatic rings. The van der Waals surface area contributed by atoms with Crippen molar-refractivity contribution in [3.63, 3.8) is 0 Å². The van der Waals surface area contributed by atoms with E-state index in [9.17, 15) is 0 Å². The lowest BCUT2D eigenvalue weighted by Gasteiger charge is -2.32. The van der Waals surface area contributed by atoms with Crippen LogP contribution in [0.15, 0.2) is 6.07 Å². The average molecular weight is 263 g/mol. The molecule has 2 rings (SSSR count). The third-order valence-electron chi connectivity index (χ3n) is 3.46. The van der Waals surface area contributed by atoms with Gasteiger partial charge in [-0.1, -0.05) is 0 Å². The fraction of sp³-hybridized carbons (Fsp3) is 0.615. The molecule has 0 amide bonds. The first kappa shape index (κ1) is 13.7. The number of anilines is 1. The minimum atomic E-state index is -0.0318. The summed E-state index contributed by atoms with van der Waals surface area (Å²) in [5, 5.41) is 16.5. The maximum atomic E-state index is 9.04. The molecule has 6 nitrogen and oxygen atoms in total. The predicted octanol–water partition coefficient (Wildman–Crippen LogP) is 0.668. The van der Waals surface area contributed by atoms with Crippen LogP contribution in [0.25, 0.3) is 0 Å². The Morgan fingerprint density at radius 3 is 3.05 bits per heavy atom. The Balaban J connectivity index is 2.18. The first-order chi connectivity index (χ1) is 9.10. The van der Waals surface area contributed by atoms with Crippen molar-refractivity contribution in [3.8, 4) is 0 Å². The number of nitrogen functional groups attached to an aromatic ring is 1. The standard InChI is InChI=1S/C13H21N5O/c1-9-7-11(12(14)15)17-13(16-9)18-5-2-3-10(8-18)4-6-19/h7,10,19H,2-6,8H2,1H3,(H3,14,15). The summed E-state index contributed by atoms with van der Waals surface area (Å²) in [7, 11) is 0. The van der Waals surface area contributed by atoms with Crippen LogP contribution in [0.1, 0.15) is 30.7 Å². The van der Waals surface area contributed by atoms with E-state index in [1.54, 1.807) is 6.07 Å². The van der Waals surface area contributed by atoms with Gasteiger partial charge in [0.25, 0.3) is 0 Å². The second kappa shape index (κ2) is 5.97. The van der Waals surface area contributed by atoms with Crippen molar-refractivity contribution in [1.29, 1.82) is 5.41 Å². The van der Waals surface area contributed by atoms with E-state index in [1.165, 1.54) is 0 Å². The molecule has 1 aliphatic heterocycles. The van der Waals surface area contributed by atoms with E-state index in [4.69, 9.17) is 16.2 Å². The Kier molecular flexibility index (Phi) is 4.31. The number of aliphatic hydroxyl groups excluding tert-OH is 1. The molecule has 19 heavy (non-hydrogen) atoms. The topological polar surface area (TPSA) is 99.1 Å². The summed E-state index contributed by atoms with van der Waals surface area (Å²) in [6.45, 7) is 3.89. The first-order valence-corrected chi connectivity index (χ1v) is 6.66. The fourth-order valence-electron chi connectivity index (χ4n) is 2.50. The molecule has 4 N–H and O–H groups in total. The molecule has 0 radical (unpaired) electrons. The lowest BCUT2D eigenvalue weighted by atomic mass is 9.95. The monoisotopic (exact) mass is 263 g/mol. The molecule has 0 aromatic carbocycles. The third kappa shape index (κ3) is 3.41. The number of nitrogens with one attached hydrogen (secondary N) is 1. The number of nitrogens with two attached hydrogens (primary N) is 1. The van der Waals surface area contributed by atoms with Crippen molar-refractivity contribution < 1.29 is 5.11 Å². The minimum Gasteiger partial charge on any atom is -0.396 e. The first-order valence-electron chi connectivity index (χ1n) is 6.66. The van der Waals surface area contributed by atoms with Gasteiger partial charge in [0, 0.05) is 25.4 Å². The SMILES string of the molecule is Cc1cc(C(=N)N)nc(N2CCCC(CCO)C2)n1. The Morgan fingerprint density at radius 1 is 1.58 bits per heavy atom. The van der Waals surface area contributed by atoms with E-state index in [2.05, 4.69) is 14.9 Å². The molecule has 104 valence electrons. The summed E-state index contributed by atoms with van der Waals surface area (Å²) in [5.74, 6) is 1.10. The molecule has 1 fully saturated rings. The van der Waals surface area contributed by atoms with Gasteiger partial charge in [0.05, 0.1) is 0 Å². The summed E-state index contributed by atoms with van der Waals surface area (Å²) < 4.78 is 0. The van der Waals surface area contributed by atoms with Crippen LogP contribution in [0.4, 0.5) is 5.95 Å². The highest BCUT2D eigenvalue weighted by atomic mass is 16.3. The van der Waals surface area contributed by atoms with E-state index in [-0.39, 0.29) is 12.4 Å². The Labute approximate surface area is 113 Å². The van der Waals surface area contributed by atoms with Gasteiger partial charge in [-0.05, 0) is 38.2 Å². The van der Waals surface area contributed by atoms with Crippen molar-refractivity contribution in [2.45, 2.75) is 26.2 Å². The van der Waals surface area contributed by atoms with Crippen LogP contribution in [0.2, 0.25) is 0 Å². The molecule has 1 atom stereocenters. The maximum absolute atomic E-state index is 9.04. The minimum absolute atomic E-state index is 0.0318. The summed E-state index contributed by atoms with van der Waals surface area (Å²) >= 11 is 0. The van der Waals surface area contributed by atoms with E-state index in [0.717, 1.165) is 38.0 Å². The number of aliphatic hydroxyl groups is 1. The molecule has 0 aliphatic carbocycles. The van der Waals surface area contributed by atoms with Crippen LogP contribution in [0.5, 0.6) is 0 Å². The number of aromatic nitrogens is 2. The molecule has 2 heterocycles. The molecule has 1 aromatic heterocycles.